The van der Waals surface area contributed by atoms with Gasteiger partial charge in [0.25, 0.3) is 5.91 Å². The van der Waals surface area contributed by atoms with Gasteiger partial charge >= 0.3 is 0 Å². The summed E-state index contributed by atoms with van der Waals surface area (Å²) in [5.41, 5.74) is 2.25. The second kappa shape index (κ2) is 6.94. The van der Waals surface area contributed by atoms with Crippen molar-refractivity contribution in [3.05, 3.63) is 54.1 Å². The number of carbonyl (C=O) groups excluding carboxylic acids is 1. The van der Waals surface area contributed by atoms with Crippen molar-refractivity contribution in [3.63, 3.8) is 0 Å². The maximum Gasteiger partial charge on any atom is 0.257 e. The average Bonchev–Trinajstić information content (AvgIpc) is 3.29. The number of rotatable bonds is 5. The molecule has 1 fully saturated rings. The standard InChI is InChI=1S/C19H19N3O3/c23-18(22-19-20-16-5-1-2-6-17(16)21-19)13-7-9-14(10-8-13)25-12-15-4-3-11-24-15/h1-2,5-10,15H,3-4,11-12H2,(H2,20,21,22,23). The molecule has 1 atom stereocenters. The number of nitrogens with zero attached hydrogens (tertiary/aromatic N) is 1. The fraction of sp³-hybridized carbons (Fsp3) is 0.263. The second-order valence-electron chi connectivity index (χ2n) is 6.03. The van der Waals surface area contributed by atoms with Crippen molar-refractivity contribution in [2.24, 2.45) is 0 Å². The SMILES string of the molecule is O=C(Nc1nc2ccccc2[nH]1)c1ccc(OCC2CCCO2)cc1. The molecule has 1 aromatic heterocycles. The van der Waals surface area contributed by atoms with Crippen LogP contribution in [0, 0.1) is 0 Å². The summed E-state index contributed by atoms with van der Waals surface area (Å²) in [4.78, 5) is 19.8. The zero-order valence-electron chi connectivity index (χ0n) is 13.7. The lowest BCUT2D eigenvalue weighted by molar-refractivity contribution is 0.0679. The summed E-state index contributed by atoms with van der Waals surface area (Å²) in [5.74, 6) is 0.949. The summed E-state index contributed by atoms with van der Waals surface area (Å²) >= 11 is 0. The molecule has 25 heavy (non-hydrogen) atoms. The number of anilines is 1. The Morgan fingerprint density at radius 2 is 2.08 bits per heavy atom. The number of aromatic nitrogens is 2. The van der Waals surface area contributed by atoms with Crippen LogP contribution in [0.1, 0.15) is 23.2 Å². The lowest BCUT2D eigenvalue weighted by Crippen LogP contribution is -2.16. The van der Waals surface area contributed by atoms with Crippen molar-refractivity contribution >= 4 is 22.9 Å². The van der Waals surface area contributed by atoms with Gasteiger partial charge in [0.2, 0.25) is 5.95 Å². The molecule has 1 unspecified atom stereocenters. The van der Waals surface area contributed by atoms with Crippen molar-refractivity contribution < 1.29 is 14.3 Å². The van der Waals surface area contributed by atoms with Crippen molar-refractivity contribution in [1.82, 2.24) is 9.97 Å². The Morgan fingerprint density at radius 1 is 1.24 bits per heavy atom. The molecule has 2 aromatic carbocycles. The summed E-state index contributed by atoms with van der Waals surface area (Å²) in [6.07, 6.45) is 2.31. The van der Waals surface area contributed by atoms with Crippen LogP contribution in [0.25, 0.3) is 11.0 Å². The quantitative estimate of drug-likeness (QED) is 0.748. The Morgan fingerprint density at radius 3 is 2.84 bits per heavy atom. The molecule has 6 heteroatoms. The van der Waals surface area contributed by atoms with Crippen molar-refractivity contribution in [1.29, 1.82) is 0 Å². The molecule has 2 N–H and O–H groups in total. The van der Waals surface area contributed by atoms with Gasteiger partial charge < -0.3 is 14.5 Å². The van der Waals surface area contributed by atoms with Gasteiger partial charge in [0.15, 0.2) is 0 Å². The zero-order valence-corrected chi connectivity index (χ0v) is 13.7. The van der Waals surface area contributed by atoms with E-state index in [1.807, 2.05) is 24.3 Å². The first-order chi connectivity index (χ1) is 12.3. The Bertz CT molecular complexity index is 834. The third kappa shape index (κ3) is 3.64. The van der Waals surface area contributed by atoms with Crippen molar-refractivity contribution in [3.8, 4) is 5.75 Å². The van der Waals surface area contributed by atoms with Crippen LogP contribution in [0.5, 0.6) is 5.75 Å². The monoisotopic (exact) mass is 337 g/mol. The minimum absolute atomic E-state index is 0.177. The topological polar surface area (TPSA) is 76.2 Å². The van der Waals surface area contributed by atoms with Gasteiger partial charge in [-0.05, 0) is 49.2 Å². The molecule has 3 aromatic rings. The van der Waals surface area contributed by atoms with E-state index in [1.54, 1.807) is 24.3 Å². The number of nitrogens with one attached hydrogen (secondary N) is 2. The number of carbonyl (C=O) groups is 1. The van der Waals surface area contributed by atoms with E-state index in [0.717, 1.165) is 36.2 Å². The smallest absolute Gasteiger partial charge is 0.257 e. The van der Waals surface area contributed by atoms with Gasteiger partial charge in [0.1, 0.15) is 12.4 Å². The maximum absolute atomic E-state index is 12.3. The minimum atomic E-state index is -0.218. The van der Waals surface area contributed by atoms with Gasteiger partial charge in [-0.1, -0.05) is 12.1 Å². The molecule has 2 heterocycles. The lowest BCUT2D eigenvalue weighted by Gasteiger charge is -2.11. The molecule has 1 amide bonds. The number of hydrogen-bond acceptors (Lipinski definition) is 4. The number of benzene rings is 2. The number of amides is 1. The van der Waals surface area contributed by atoms with E-state index in [0.29, 0.717) is 18.1 Å². The summed E-state index contributed by atoms with van der Waals surface area (Å²) in [5, 5.41) is 2.78. The van der Waals surface area contributed by atoms with Crippen LogP contribution in [0.15, 0.2) is 48.5 Å². The molecule has 6 nitrogen and oxygen atoms in total. The van der Waals surface area contributed by atoms with Gasteiger partial charge in [0.05, 0.1) is 17.1 Å². The van der Waals surface area contributed by atoms with Crippen LogP contribution < -0.4 is 10.1 Å². The van der Waals surface area contributed by atoms with Crippen molar-refractivity contribution in [2.75, 3.05) is 18.5 Å². The third-order valence-corrected chi connectivity index (χ3v) is 4.20. The fourth-order valence-corrected chi connectivity index (χ4v) is 2.86. The highest BCUT2D eigenvalue weighted by atomic mass is 16.5. The molecule has 0 saturated carbocycles. The highest BCUT2D eigenvalue weighted by Gasteiger charge is 2.16. The number of aromatic amines is 1. The summed E-state index contributed by atoms with van der Waals surface area (Å²) in [7, 11) is 0. The van der Waals surface area contributed by atoms with Gasteiger partial charge in [-0.3, -0.25) is 10.1 Å². The van der Waals surface area contributed by atoms with E-state index in [2.05, 4.69) is 15.3 Å². The van der Waals surface area contributed by atoms with E-state index in [9.17, 15) is 4.79 Å². The van der Waals surface area contributed by atoms with E-state index < -0.39 is 0 Å². The molecule has 1 aliphatic heterocycles. The highest BCUT2D eigenvalue weighted by molar-refractivity contribution is 6.04. The second-order valence-corrected chi connectivity index (χ2v) is 6.03. The molecule has 0 spiro atoms. The number of imidazole rings is 1. The Balaban J connectivity index is 1.38. The zero-order chi connectivity index (χ0) is 17.1. The number of ether oxygens (including phenoxy) is 2. The molecule has 0 bridgehead atoms. The first-order valence-electron chi connectivity index (χ1n) is 8.38. The predicted octanol–water partition coefficient (Wildman–Crippen LogP) is 3.37. The number of H-pyrrole nitrogens is 1. The van der Waals surface area contributed by atoms with Crippen LogP contribution in [-0.2, 0) is 4.74 Å². The molecular weight excluding hydrogens is 318 g/mol. The molecule has 4 rings (SSSR count). The molecule has 0 radical (unpaired) electrons. The largest absolute Gasteiger partial charge is 0.491 e. The maximum atomic E-state index is 12.3. The summed E-state index contributed by atoms with van der Waals surface area (Å²) < 4.78 is 11.2. The number of hydrogen-bond donors (Lipinski definition) is 2. The highest BCUT2D eigenvalue weighted by Crippen LogP contribution is 2.18. The van der Waals surface area contributed by atoms with Crippen LogP contribution in [0.2, 0.25) is 0 Å². The predicted molar refractivity (Wildman–Crippen MR) is 95.0 cm³/mol. The Hall–Kier alpha value is -2.86. The lowest BCUT2D eigenvalue weighted by atomic mass is 10.2. The average molecular weight is 337 g/mol. The first-order valence-corrected chi connectivity index (χ1v) is 8.38. The van der Waals surface area contributed by atoms with Crippen molar-refractivity contribution in [2.45, 2.75) is 18.9 Å². The number of fused-ring (bicyclic) bond motifs is 1. The molecule has 1 aliphatic rings. The fourth-order valence-electron chi connectivity index (χ4n) is 2.86. The molecule has 128 valence electrons. The first kappa shape index (κ1) is 15.7. The van der Waals surface area contributed by atoms with E-state index in [-0.39, 0.29) is 12.0 Å². The van der Waals surface area contributed by atoms with E-state index >= 15 is 0 Å². The number of para-hydroxylation sites is 2. The molecule has 1 saturated heterocycles. The third-order valence-electron chi connectivity index (χ3n) is 4.20. The van der Waals surface area contributed by atoms with E-state index in [1.165, 1.54) is 0 Å². The van der Waals surface area contributed by atoms with Gasteiger partial charge in [-0.15, -0.1) is 0 Å². The Kier molecular flexibility index (Phi) is 4.35. The molecule has 0 aliphatic carbocycles. The summed E-state index contributed by atoms with van der Waals surface area (Å²) in [6, 6.07) is 14.7. The van der Waals surface area contributed by atoms with E-state index in [4.69, 9.17) is 9.47 Å². The van der Waals surface area contributed by atoms with Crippen LogP contribution >= 0.6 is 0 Å². The van der Waals surface area contributed by atoms with Gasteiger partial charge in [0, 0.05) is 12.2 Å². The van der Waals surface area contributed by atoms with Crippen LogP contribution in [0.3, 0.4) is 0 Å². The minimum Gasteiger partial charge on any atom is -0.491 e. The van der Waals surface area contributed by atoms with Gasteiger partial charge in [-0.2, -0.15) is 0 Å². The normalized spacial score (nSPS) is 16.9. The summed E-state index contributed by atoms with van der Waals surface area (Å²) in [6.45, 7) is 1.36. The van der Waals surface area contributed by atoms with Crippen LogP contribution in [-0.4, -0.2) is 35.2 Å². The van der Waals surface area contributed by atoms with Gasteiger partial charge in [-0.25, -0.2) is 4.98 Å². The molecular formula is C19H19N3O3. The van der Waals surface area contributed by atoms with Crippen LogP contribution in [0.4, 0.5) is 5.95 Å². The Labute approximate surface area is 145 Å².